The third-order valence-electron chi connectivity index (χ3n) is 2.55. The molecule has 0 aliphatic heterocycles. The van der Waals surface area contributed by atoms with Crippen molar-refractivity contribution in [2.75, 3.05) is 6.54 Å². The van der Waals surface area contributed by atoms with E-state index in [1.54, 1.807) is 18.2 Å². The molecule has 2 amide bonds. The second-order valence-electron chi connectivity index (χ2n) is 4.13. The number of hydrogen-bond donors (Lipinski definition) is 2. The van der Waals surface area contributed by atoms with Gasteiger partial charge in [-0.3, -0.25) is 9.59 Å². The Balaban J connectivity index is 1.90. The maximum atomic E-state index is 11.8. The lowest BCUT2D eigenvalue weighted by Gasteiger charge is -2.07. The van der Waals surface area contributed by atoms with E-state index in [1.165, 1.54) is 0 Å². The quantitative estimate of drug-likeness (QED) is 0.890. The molecule has 0 heterocycles. The summed E-state index contributed by atoms with van der Waals surface area (Å²) < 4.78 is 0. The molecule has 1 saturated carbocycles. The van der Waals surface area contributed by atoms with Gasteiger partial charge in [0.1, 0.15) is 0 Å². The third-order valence-corrected chi connectivity index (χ3v) is 3.37. The highest BCUT2D eigenvalue weighted by Gasteiger charge is 2.23. The minimum absolute atomic E-state index is 0.0574. The topological polar surface area (TPSA) is 58.2 Å². The monoisotopic (exact) mass is 286 g/mol. The van der Waals surface area contributed by atoms with Gasteiger partial charge in [-0.05, 0) is 25.0 Å². The Morgan fingerprint density at radius 3 is 2.67 bits per heavy atom. The van der Waals surface area contributed by atoms with Crippen LogP contribution in [-0.2, 0) is 4.79 Å². The molecule has 0 aromatic heterocycles. The lowest BCUT2D eigenvalue weighted by Crippen LogP contribution is -2.37. The molecule has 2 rings (SSSR count). The molecule has 0 spiro atoms. The van der Waals surface area contributed by atoms with Crippen molar-refractivity contribution >= 4 is 35.0 Å². The summed E-state index contributed by atoms with van der Waals surface area (Å²) in [7, 11) is 0. The van der Waals surface area contributed by atoms with Crippen molar-refractivity contribution < 1.29 is 9.59 Å². The smallest absolute Gasteiger partial charge is 0.253 e. The van der Waals surface area contributed by atoms with Gasteiger partial charge in [0.05, 0.1) is 22.2 Å². The summed E-state index contributed by atoms with van der Waals surface area (Å²) in [6.45, 7) is -0.0574. The molecule has 0 bridgehead atoms. The van der Waals surface area contributed by atoms with Gasteiger partial charge in [-0.25, -0.2) is 0 Å². The Morgan fingerprint density at radius 2 is 2.00 bits per heavy atom. The number of amides is 2. The van der Waals surface area contributed by atoms with E-state index >= 15 is 0 Å². The standard InChI is InChI=1S/C12H12Cl2N2O2/c13-9-3-1-2-8(11(9)14)12(18)15-6-10(17)16-7-4-5-7/h1-3,7H,4-6H2,(H,15,18)(H,16,17). The normalized spacial score (nSPS) is 14.1. The van der Waals surface area contributed by atoms with E-state index in [0.717, 1.165) is 12.8 Å². The molecule has 2 N–H and O–H groups in total. The van der Waals surface area contributed by atoms with Crippen LogP contribution in [0.5, 0.6) is 0 Å². The minimum atomic E-state index is -0.409. The average Bonchev–Trinajstić information content (AvgIpc) is 3.13. The van der Waals surface area contributed by atoms with Crippen LogP contribution >= 0.6 is 23.2 Å². The fraction of sp³-hybridized carbons (Fsp3) is 0.333. The van der Waals surface area contributed by atoms with Crippen molar-refractivity contribution in [2.24, 2.45) is 0 Å². The number of carbonyl (C=O) groups excluding carboxylic acids is 2. The first kappa shape index (κ1) is 13.2. The molecule has 0 unspecified atom stereocenters. The van der Waals surface area contributed by atoms with Crippen LogP contribution in [-0.4, -0.2) is 24.4 Å². The van der Waals surface area contributed by atoms with Gasteiger partial charge in [0.15, 0.2) is 0 Å². The lowest BCUT2D eigenvalue weighted by atomic mass is 10.2. The van der Waals surface area contributed by atoms with E-state index in [0.29, 0.717) is 5.02 Å². The fourth-order valence-electron chi connectivity index (χ4n) is 1.44. The molecule has 0 atom stereocenters. The van der Waals surface area contributed by atoms with Gasteiger partial charge in [0, 0.05) is 6.04 Å². The van der Waals surface area contributed by atoms with E-state index in [1.807, 2.05) is 0 Å². The molecule has 96 valence electrons. The molecule has 4 nitrogen and oxygen atoms in total. The van der Waals surface area contributed by atoms with Gasteiger partial charge in [0.25, 0.3) is 5.91 Å². The van der Waals surface area contributed by atoms with Crippen LogP contribution in [0.1, 0.15) is 23.2 Å². The first-order valence-electron chi connectivity index (χ1n) is 5.59. The molecular weight excluding hydrogens is 275 g/mol. The minimum Gasteiger partial charge on any atom is -0.352 e. The zero-order valence-electron chi connectivity index (χ0n) is 9.50. The second-order valence-corrected chi connectivity index (χ2v) is 4.91. The van der Waals surface area contributed by atoms with Crippen LogP contribution in [0.2, 0.25) is 10.0 Å². The molecule has 1 aliphatic carbocycles. The first-order valence-corrected chi connectivity index (χ1v) is 6.35. The van der Waals surface area contributed by atoms with Crippen molar-refractivity contribution in [2.45, 2.75) is 18.9 Å². The summed E-state index contributed by atoms with van der Waals surface area (Å²) in [4.78, 5) is 23.2. The number of carbonyl (C=O) groups is 2. The molecule has 1 fully saturated rings. The van der Waals surface area contributed by atoms with E-state index in [-0.39, 0.29) is 29.1 Å². The molecule has 1 aromatic carbocycles. The highest BCUT2D eigenvalue weighted by atomic mass is 35.5. The highest BCUT2D eigenvalue weighted by Crippen LogP contribution is 2.25. The summed E-state index contributed by atoms with van der Waals surface area (Å²) in [6, 6.07) is 5.07. The van der Waals surface area contributed by atoms with Gasteiger partial charge < -0.3 is 10.6 Å². The predicted molar refractivity (Wildman–Crippen MR) is 70.0 cm³/mol. The molecule has 0 radical (unpaired) electrons. The van der Waals surface area contributed by atoms with Gasteiger partial charge in [-0.15, -0.1) is 0 Å². The maximum absolute atomic E-state index is 11.8. The maximum Gasteiger partial charge on any atom is 0.253 e. The van der Waals surface area contributed by atoms with Crippen LogP contribution in [0.3, 0.4) is 0 Å². The summed E-state index contributed by atoms with van der Waals surface area (Å²) >= 11 is 11.7. The zero-order valence-corrected chi connectivity index (χ0v) is 11.0. The van der Waals surface area contributed by atoms with Crippen molar-refractivity contribution in [3.05, 3.63) is 33.8 Å². The fourth-order valence-corrected chi connectivity index (χ4v) is 1.83. The van der Waals surface area contributed by atoms with Gasteiger partial charge in [-0.2, -0.15) is 0 Å². The molecule has 18 heavy (non-hydrogen) atoms. The van der Waals surface area contributed by atoms with E-state index in [4.69, 9.17) is 23.2 Å². The molecule has 1 aliphatic rings. The highest BCUT2D eigenvalue weighted by molar-refractivity contribution is 6.43. The molecule has 1 aromatic rings. The van der Waals surface area contributed by atoms with Gasteiger partial charge >= 0.3 is 0 Å². The number of hydrogen-bond acceptors (Lipinski definition) is 2. The first-order chi connectivity index (χ1) is 8.58. The molecule has 0 saturated heterocycles. The van der Waals surface area contributed by atoms with Crippen LogP contribution < -0.4 is 10.6 Å². The lowest BCUT2D eigenvalue weighted by molar-refractivity contribution is -0.120. The van der Waals surface area contributed by atoms with E-state index < -0.39 is 5.91 Å². The van der Waals surface area contributed by atoms with Crippen molar-refractivity contribution in [3.63, 3.8) is 0 Å². The Kier molecular flexibility index (Phi) is 4.09. The Bertz CT molecular complexity index is 487. The zero-order chi connectivity index (χ0) is 13.1. The molecule has 6 heteroatoms. The Labute approximate surface area is 115 Å². The van der Waals surface area contributed by atoms with Gasteiger partial charge in [-0.1, -0.05) is 29.3 Å². The molecular formula is C12H12Cl2N2O2. The van der Waals surface area contributed by atoms with Crippen LogP contribution in [0.25, 0.3) is 0 Å². The SMILES string of the molecule is O=C(CNC(=O)c1cccc(Cl)c1Cl)NC1CC1. The third kappa shape index (κ3) is 3.37. The number of nitrogens with one attached hydrogen (secondary N) is 2. The number of halogens is 2. The average molecular weight is 287 g/mol. The van der Waals surface area contributed by atoms with Crippen molar-refractivity contribution in [3.8, 4) is 0 Å². The van der Waals surface area contributed by atoms with Crippen LogP contribution in [0, 0.1) is 0 Å². The van der Waals surface area contributed by atoms with E-state index in [9.17, 15) is 9.59 Å². The summed E-state index contributed by atoms with van der Waals surface area (Å²) in [5.41, 5.74) is 0.267. The van der Waals surface area contributed by atoms with Crippen molar-refractivity contribution in [1.29, 1.82) is 0 Å². The van der Waals surface area contributed by atoms with Gasteiger partial charge in [0.2, 0.25) is 5.91 Å². The predicted octanol–water partition coefficient (Wildman–Crippen LogP) is 2.00. The number of benzene rings is 1. The number of rotatable bonds is 4. The van der Waals surface area contributed by atoms with Crippen molar-refractivity contribution in [1.82, 2.24) is 10.6 Å². The summed E-state index contributed by atoms with van der Waals surface area (Å²) in [5, 5.41) is 5.79. The Morgan fingerprint density at radius 1 is 1.28 bits per heavy atom. The summed E-state index contributed by atoms with van der Waals surface area (Å²) in [6.07, 6.45) is 2.03. The van der Waals surface area contributed by atoms with Crippen LogP contribution in [0.4, 0.5) is 0 Å². The summed E-state index contributed by atoms with van der Waals surface area (Å²) in [5.74, 6) is -0.600. The van der Waals surface area contributed by atoms with E-state index in [2.05, 4.69) is 10.6 Å². The Hall–Kier alpha value is -1.26. The largest absolute Gasteiger partial charge is 0.352 e. The second kappa shape index (κ2) is 5.59. The van der Waals surface area contributed by atoms with Crippen LogP contribution in [0.15, 0.2) is 18.2 Å².